The normalized spacial score (nSPS) is 16.8. The van der Waals surface area contributed by atoms with Gasteiger partial charge in [0.2, 0.25) is 0 Å². The average Bonchev–Trinajstić information content (AvgIpc) is 3.56. The van der Waals surface area contributed by atoms with Crippen LogP contribution in [-0.4, -0.2) is 58.3 Å². The van der Waals surface area contributed by atoms with Gasteiger partial charge < -0.3 is 25.8 Å². The zero-order valence-electron chi connectivity index (χ0n) is 22.5. The average molecular weight is 508 g/mol. The van der Waals surface area contributed by atoms with Crippen molar-refractivity contribution in [2.24, 2.45) is 5.73 Å². The Balaban J connectivity index is 1.40. The third kappa shape index (κ3) is 4.68. The fourth-order valence-electron chi connectivity index (χ4n) is 4.44. The number of nitrogens with two attached hydrogens (primary N) is 1. The first kappa shape index (κ1) is 20.7. The second-order valence-corrected chi connectivity index (χ2v) is 8.69. The van der Waals surface area contributed by atoms with Crippen molar-refractivity contribution in [1.29, 1.82) is 0 Å². The van der Waals surface area contributed by atoms with Crippen molar-refractivity contribution >= 4 is 28.5 Å². The van der Waals surface area contributed by atoms with Gasteiger partial charge in [0.1, 0.15) is 17.4 Å². The van der Waals surface area contributed by atoms with E-state index in [0.29, 0.717) is 53.1 Å². The summed E-state index contributed by atoms with van der Waals surface area (Å²) in [5.41, 5.74) is 7.67. The number of benzene rings is 2. The number of halogens is 1. The summed E-state index contributed by atoms with van der Waals surface area (Å²) in [6.45, 7) is 1.02. The predicted octanol–water partition coefficient (Wildman–Crippen LogP) is 2.37. The molecule has 10 nitrogen and oxygen atoms in total. The highest BCUT2D eigenvalue weighted by Gasteiger charge is 2.27. The number of aliphatic hydroxyl groups excluding tert-OH is 1. The van der Waals surface area contributed by atoms with Gasteiger partial charge in [0.05, 0.1) is 51.2 Å². The zero-order valence-corrected chi connectivity index (χ0v) is 19.5. The second-order valence-electron chi connectivity index (χ2n) is 8.69. The number of aliphatic hydroxyl groups is 1. The maximum Gasteiger partial charge on any atom is 0.255 e. The van der Waals surface area contributed by atoms with Crippen molar-refractivity contribution in [3.63, 3.8) is 0 Å². The molecule has 11 heteroatoms. The molecule has 1 atom stereocenters. The summed E-state index contributed by atoms with van der Waals surface area (Å²) in [7, 11) is -2.81. The molecule has 0 aliphatic carbocycles. The summed E-state index contributed by atoms with van der Waals surface area (Å²) in [5.74, 6) is -1.83. The Morgan fingerprint density at radius 1 is 1.32 bits per heavy atom. The number of fused-ring (bicyclic) bond motifs is 1. The molecule has 4 aromatic rings. The quantitative estimate of drug-likeness (QED) is 0.300. The van der Waals surface area contributed by atoms with E-state index in [1.807, 2.05) is 4.90 Å². The van der Waals surface area contributed by atoms with Crippen molar-refractivity contribution in [3.05, 3.63) is 71.2 Å². The number of pyridine rings is 1. The number of methoxy groups -OCH3 is 1. The van der Waals surface area contributed by atoms with Gasteiger partial charge in [0, 0.05) is 25.2 Å². The Kier molecular flexibility index (Phi) is 5.51. The van der Waals surface area contributed by atoms with Crippen molar-refractivity contribution in [2.75, 3.05) is 25.0 Å². The van der Waals surface area contributed by atoms with Crippen LogP contribution in [-0.2, 0) is 6.54 Å². The SMILES string of the molecule is [2H]C([2H])([2H])Oc1ccc(F)cc1C(=O)NCc1ccc(-c2nc(N3CC[C@@H](O)C3)c3cn[nH]c3c2C(N)=O)cc1. The summed E-state index contributed by atoms with van der Waals surface area (Å²) in [5, 5.41) is 20.2. The van der Waals surface area contributed by atoms with Gasteiger partial charge in [-0.2, -0.15) is 5.10 Å². The number of hydrogen-bond donors (Lipinski definition) is 4. The maximum absolute atomic E-state index is 13.8. The minimum atomic E-state index is -2.81. The molecule has 0 unspecified atom stereocenters. The lowest BCUT2D eigenvalue weighted by molar-refractivity contribution is 0.0946. The third-order valence-electron chi connectivity index (χ3n) is 6.27. The standard InChI is InChI=1S/C26H25FN6O4/c1-37-20-7-6-16(27)10-18(20)26(36)29-11-14-2-4-15(5-3-14)22-21(24(28)35)23-19(12-30-32-23)25(31-22)33-9-8-17(34)13-33/h2-7,10,12,17,34H,8-9,11,13H2,1H3,(H2,28,35)(H,29,36)(H,30,32)/t17-/m1/s1/i1D3. The first-order chi connectivity index (χ1) is 19.0. The smallest absolute Gasteiger partial charge is 0.255 e. The molecule has 1 aliphatic heterocycles. The van der Waals surface area contributed by atoms with E-state index in [9.17, 15) is 19.1 Å². The van der Waals surface area contributed by atoms with Crippen molar-refractivity contribution < 1.29 is 27.9 Å². The molecule has 3 heterocycles. The zero-order chi connectivity index (χ0) is 28.6. The number of H-pyrrole nitrogens is 1. The molecule has 2 aromatic carbocycles. The van der Waals surface area contributed by atoms with Gasteiger partial charge in [-0.1, -0.05) is 24.3 Å². The van der Waals surface area contributed by atoms with Crippen LogP contribution in [0.3, 0.4) is 0 Å². The van der Waals surface area contributed by atoms with E-state index in [1.54, 1.807) is 30.5 Å². The molecule has 1 fully saturated rings. The molecule has 1 aliphatic rings. The summed E-state index contributed by atoms with van der Waals surface area (Å²) in [4.78, 5) is 31.9. The molecule has 0 saturated carbocycles. The highest BCUT2D eigenvalue weighted by molar-refractivity contribution is 6.12. The topological polar surface area (TPSA) is 146 Å². The molecule has 37 heavy (non-hydrogen) atoms. The largest absolute Gasteiger partial charge is 0.496 e. The van der Waals surface area contributed by atoms with Gasteiger partial charge in [0.15, 0.2) is 0 Å². The number of carbonyl (C=O) groups is 2. The summed E-state index contributed by atoms with van der Waals surface area (Å²) >= 11 is 0. The van der Waals surface area contributed by atoms with Gasteiger partial charge >= 0.3 is 0 Å². The fourth-order valence-corrected chi connectivity index (χ4v) is 4.44. The van der Waals surface area contributed by atoms with Gasteiger partial charge in [-0.25, -0.2) is 9.37 Å². The summed E-state index contributed by atoms with van der Waals surface area (Å²) < 4.78 is 40.4. The molecule has 2 amide bonds. The molecule has 5 N–H and O–H groups in total. The fraction of sp³-hybridized carbons (Fsp3) is 0.231. The van der Waals surface area contributed by atoms with Crippen LogP contribution in [0.5, 0.6) is 5.75 Å². The lowest BCUT2D eigenvalue weighted by Crippen LogP contribution is -2.24. The Hall–Kier alpha value is -4.51. The van der Waals surface area contributed by atoms with Gasteiger partial charge in [-0.15, -0.1) is 0 Å². The number of nitrogens with zero attached hydrogens (tertiary/aromatic N) is 3. The number of aromatic amines is 1. The Morgan fingerprint density at radius 2 is 2.14 bits per heavy atom. The van der Waals surface area contributed by atoms with Crippen LogP contribution in [0.25, 0.3) is 22.2 Å². The number of anilines is 1. The molecule has 190 valence electrons. The number of ether oxygens (including phenoxy) is 1. The number of carbonyl (C=O) groups excluding carboxylic acids is 2. The Bertz CT molecular complexity index is 1590. The number of primary amides is 1. The molecular weight excluding hydrogens is 479 g/mol. The molecule has 2 aromatic heterocycles. The Morgan fingerprint density at radius 3 is 2.84 bits per heavy atom. The number of rotatable bonds is 7. The first-order valence-corrected chi connectivity index (χ1v) is 11.5. The van der Waals surface area contributed by atoms with Crippen LogP contribution >= 0.6 is 0 Å². The molecular formula is C26H25FN6O4. The van der Waals surface area contributed by atoms with E-state index in [1.165, 1.54) is 0 Å². The van der Waals surface area contributed by atoms with Crippen LogP contribution in [0.2, 0.25) is 0 Å². The van der Waals surface area contributed by atoms with Crippen LogP contribution in [0.15, 0.2) is 48.7 Å². The number of β-amino-alcohol motifs (C(OH)–C–C–N with tert-alkyl or cyclic N) is 1. The minimum absolute atomic E-state index is 0.0371. The second kappa shape index (κ2) is 9.86. The molecule has 0 radical (unpaired) electrons. The molecule has 0 spiro atoms. The van der Waals surface area contributed by atoms with Crippen molar-refractivity contribution in [1.82, 2.24) is 20.5 Å². The lowest BCUT2D eigenvalue weighted by Gasteiger charge is -2.20. The van der Waals surface area contributed by atoms with Crippen LogP contribution < -0.4 is 20.7 Å². The van der Waals surface area contributed by atoms with Crippen LogP contribution in [0.4, 0.5) is 10.2 Å². The van der Waals surface area contributed by atoms with E-state index in [2.05, 4.69) is 15.5 Å². The molecule has 1 saturated heterocycles. The molecule has 5 rings (SSSR count). The van der Waals surface area contributed by atoms with Crippen molar-refractivity contribution in [2.45, 2.75) is 19.1 Å². The summed E-state index contributed by atoms with van der Waals surface area (Å²) in [6, 6.07) is 9.84. The third-order valence-corrected chi connectivity index (χ3v) is 6.27. The van der Waals surface area contributed by atoms with E-state index < -0.39 is 30.8 Å². The highest BCUT2D eigenvalue weighted by atomic mass is 19.1. The maximum atomic E-state index is 13.8. The monoisotopic (exact) mass is 507 g/mol. The number of amides is 2. The number of hydrogen-bond acceptors (Lipinski definition) is 7. The highest BCUT2D eigenvalue weighted by Crippen LogP contribution is 2.34. The number of aromatic nitrogens is 3. The van der Waals surface area contributed by atoms with E-state index in [4.69, 9.17) is 19.6 Å². The van der Waals surface area contributed by atoms with E-state index in [0.717, 1.165) is 18.2 Å². The molecule has 0 bridgehead atoms. The van der Waals surface area contributed by atoms with Crippen molar-refractivity contribution in [3.8, 4) is 17.0 Å². The first-order valence-electron chi connectivity index (χ1n) is 13.0. The predicted molar refractivity (Wildman–Crippen MR) is 135 cm³/mol. The van der Waals surface area contributed by atoms with Crippen LogP contribution in [0, 0.1) is 5.82 Å². The van der Waals surface area contributed by atoms with Crippen LogP contribution in [0.1, 0.15) is 36.8 Å². The van der Waals surface area contributed by atoms with E-state index >= 15 is 0 Å². The lowest BCUT2D eigenvalue weighted by atomic mass is 10.0. The van der Waals surface area contributed by atoms with E-state index in [-0.39, 0.29) is 23.4 Å². The minimum Gasteiger partial charge on any atom is -0.496 e. The Labute approximate surface area is 215 Å². The van der Waals surface area contributed by atoms with Gasteiger partial charge in [-0.3, -0.25) is 14.7 Å². The van der Waals surface area contributed by atoms with Gasteiger partial charge in [-0.05, 0) is 30.2 Å². The van der Waals surface area contributed by atoms with Gasteiger partial charge in [0.25, 0.3) is 11.8 Å². The number of nitrogens with one attached hydrogen (secondary N) is 2. The summed E-state index contributed by atoms with van der Waals surface area (Å²) in [6.07, 6.45) is 1.67.